The molecule has 0 heterocycles. The van der Waals surface area contributed by atoms with Gasteiger partial charge in [0.2, 0.25) is 10.0 Å². The molecule has 25 heavy (non-hydrogen) atoms. The quantitative estimate of drug-likeness (QED) is 0.505. The molecular formula is C19H24N2O3S. The van der Waals surface area contributed by atoms with Crippen LogP contribution in [0.2, 0.25) is 0 Å². The van der Waals surface area contributed by atoms with Gasteiger partial charge in [0.1, 0.15) is 0 Å². The van der Waals surface area contributed by atoms with Crippen molar-refractivity contribution in [1.82, 2.24) is 5.32 Å². The van der Waals surface area contributed by atoms with Crippen LogP contribution in [0.5, 0.6) is 0 Å². The maximum Gasteiger partial charge on any atom is 0.232 e. The van der Waals surface area contributed by atoms with E-state index >= 15 is 0 Å². The molecule has 0 amide bonds. The molecule has 0 saturated heterocycles. The molecule has 0 aliphatic heterocycles. The van der Waals surface area contributed by atoms with Crippen molar-refractivity contribution in [3.05, 3.63) is 65.7 Å². The number of Topliss-reactive ketones (excluding diaryl/α,β-unsaturated/α-hetero) is 1. The third kappa shape index (κ3) is 6.68. The first-order valence-corrected chi connectivity index (χ1v) is 10.0. The van der Waals surface area contributed by atoms with Crippen LogP contribution in [0.3, 0.4) is 0 Å². The Bertz CT molecular complexity index is 772. The first-order chi connectivity index (χ1) is 12.0. The fourth-order valence-electron chi connectivity index (χ4n) is 2.32. The molecule has 0 unspecified atom stereocenters. The molecule has 0 saturated carbocycles. The average Bonchev–Trinajstić information content (AvgIpc) is 2.62. The van der Waals surface area contributed by atoms with Gasteiger partial charge in [0, 0.05) is 24.2 Å². The van der Waals surface area contributed by atoms with Crippen molar-refractivity contribution < 1.29 is 13.2 Å². The molecule has 134 valence electrons. The fraction of sp³-hybridized carbons (Fsp3) is 0.316. The third-order valence-corrected chi connectivity index (χ3v) is 5.13. The van der Waals surface area contributed by atoms with Gasteiger partial charge in [0.05, 0.1) is 5.75 Å². The molecule has 0 aliphatic rings. The van der Waals surface area contributed by atoms with Gasteiger partial charge in [0.15, 0.2) is 5.78 Å². The van der Waals surface area contributed by atoms with Crippen LogP contribution in [-0.4, -0.2) is 33.0 Å². The number of sulfonamides is 1. The number of nitrogens with one attached hydrogen (secondary N) is 2. The maximum absolute atomic E-state index is 12.2. The lowest BCUT2D eigenvalue weighted by Gasteiger charge is -2.07. The van der Waals surface area contributed by atoms with E-state index in [0.717, 1.165) is 13.0 Å². The molecule has 0 fully saturated rings. The fourth-order valence-corrected chi connectivity index (χ4v) is 2.96. The Hall–Kier alpha value is -2.18. The topological polar surface area (TPSA) is 75.3 Å². The van der Waals surface area contributed by atoms with Crippen molar-refractivity contribution in [3.63, 3.8) is 0 Å². The molecule has 0 aliphatic carbocycles. The van der Waals surface area contributed by atoms with E-state index in [-0.39, 0.29) is 11.5 Å². The summed E-state index contributed by atoms with van der Waals surface area (Å²) in [6.07, 6.45) is 1.34. The summed E-state index contributed by atoms with van der Waals surface area (Å²) >= 11 is 0. The van der Waals surface area contributed by atoms with Crippen molar-refractivity contribution in [2.24, 2.45) is 0 Å². The summed E-state index contributed by atoms with van der Waals surface area (Å²) in [6.45, 7) is 3.02. The number of hydrogen-bond donors (Lipinski definition) is 2. The molecule has 0 radical (unpaired) electrons. The Morgan fingerprint density at radius 3 is 2.28 bits per heavy atom. The van der Waals surface area contributed by atoms with E-state index in [1.165, 1.54) is 5.56 Å². The van der Waals surface area contributed by atoms with Gasteiger partial charge in [-0.1, -0.05) is 30.3 Å². The highest BCUT2D eigenvalue weighted by atomic mass is 32.2. The first kappa shape index (κ1) is 19.1. The second-order valence-electron chi connectivity index (χ2n) is 5.74. The van der Waals surface area contributed by atoms with Crippen molar-refractivity contribution in [1.29, 1.82) is 0 Å². The molecule has 2 N–H and O–H groups in total. The van der Waals surface area contributed by atoms with Gasteiger partial charge in [-0.3, -0.25) is 9.52 Å². The summed E-state index contributed by atoms with van der Waals surface area (Å²) in [7, 11) is -3.29. The number of anilines is 1. The van der Waals surface area contributed by atoms with Crippen molar-refractivity contribution >= 4 is 21.5 Å². The summed E-state index contributed by atoms with van der Waals surface area (Å²) in [6, 6.07) is 16.7. The normalized spacial score (nSPS) is 11.2. The lowest BCUT2D eigenvalue weighted by Crippen LogP contribution is -2.21. The number of ketones is 1. The molecule has 2 aromatic carbocycles. The summed E-state index contributed by atoms with van der Waals surface area (Å²) in [5.41, 5.74) is 2.33. The molecule has 0 aromatic heterocycles. The van der Waals surface area contributed by atoms with E-state index in [4.69, 9.17) is 0 Å². The summed E-state index contributed by atoms with van der Waals surface area (Å²) in [5, 5.41) is 3.27. The summed E-state index contributed by atoms with van der Waals surface area (Å²) in [5.74, 6) is 0.0552. The van der Waals surface area contributed by atoms with E-state index in [0.29, 0.717) is 24.2 Å². The minimum Gasteiger partial charge on any atom is -0.316 e. The number of benzene rings is 2. The lowest BCUT2D eigenvalue weighted by molar-refractivity contribution is 0.0982. The zero-order chi connectivity index (χ0) is 18.1. The monoisotopic (exact) mass is 360 g/mol. The Morgan fingerprint density at radius 1 is 0.960 bits per heavy atom. The molecule has 2 rings (SSSR count). The van der Waals surface area contributed by atoms with Gasteiger partial charge in [-0.25, -0.2) is 8.42 Å². The molecule has 0 spiro atoms. The van der Waals surface area contributed by atoms with E-state index in [2.05, 4.69) is 22.2 Å². The Kier molecular flexibility index (Phi) is 7.16. The third-order valence-electron chi connectivity index (χ3n) is 3.82. The predicted octanol–water partition coefficient (Wildman–Crippen LogP) is 2.85. The van der Waals surface area contributed by atoms with Crippen molar-refractivity contribution in [3.8, 4) is 0 Å². The van der Waals surface area contributed by atoms with Crippen LogP contribution in [0.25, 0.3) is 0 Å². The van der Waals surface area contributed by atoms with Crippen LogP contribution in [0.1, 0.15) is 29.3 Å². The minimum absolute atomic E-state index is 0.0162. The highest BCUT2D eigenvalue weighted by Gasteiger charge is 2.09. The number of carbonyl (C=O) groups excluding carboxylic acids is 1. The Balaban J connectivity index is 1.73. The molecular weight excluding hydrogens is 336 g/mol. The van der Waals surface area contributed by atoms with Crippen LogP contribution in [0.15, 0.2) is 54.6 Å². The highest BCUT2D eigenvalue weighted by molar-refractivity contribution is 7.92. The molecule has 5 nitrogen and oxygen atoms in total. The number of rotatable bonds is 10. The van der Waals surface area contributed by atoms with Crippen molar-refractivity contribution in [2.75, 3.05) is 23.6 Å². The van der Waals surface area contributed by atoms with Gasteiger partial charge in [-0.05, 0) is 49.7 Å². The number of carbonyl (C=O) groups is 1. The van der Waals surface area contributed by atoms with E-state index in [1.807, 2.05) is 18.2 Å². The molecule has 0 bridgehead atoms. The largest absolute Gasteiger partial charge is 0.316 e. The molecule has 0 atom stereocenters. The second-order valence-corrected chi connectivity index (χ2v) is 7.75. The van der Waals surface area contributed by atoms with Crippen LogP contribution in [0, 0.1) is 0 Å². The molecule has 2 aromatic rings. The first-order valence-electron chi connectivity index (χ1n) is 8.38. The smallest absolute Gasteiger partial charge is 0.232 e. The minimum atomic E-state index is -3.29. The zero-order valence-corrected chi connectivity index (χ0v) is 15.2. The van der Waals surface area contributed by atoms with Gasteiger partial charge in [0.25, 0.3) is 0 Å². The number of hydrogen-bond acceptors (Lipinski definition) is 4. The van der Waals surface area contributed by atoms with Crippen LogP contribution < -0.4 is 10.0 Å². The van der Waals surface area contributed by atoms with E-state index in [9.17, 15) is 13.2 Å². The van der Waals surface area contributed by atoms with Gasteiger partial charge in [-0.2, -0.15) is 0 Å². The maximum atomic E-state index is 12.2. The van der Waals surface area contributed by atoms with Gasteiger partial charge >= 0.3 is 0 Å². The average molecular weight is 360 g/mol. The van der Waals surface area contributed by atoms with E-state index < -0.39 is 10.0 Å². The highest BCUT2D eigenvalue weighted by Crippen LogP contribution is 2.12. The van der Waals surface area contributed by atoms with Crippen molar-refractivity contribution in [2.45, 2.75) is 19.8 Å². The summed E-state index contributed by atoms with van der Waals surface area (Å²) < 4.78 is 25.5. The second kappa shape index (κ2) is 9.34. The summed E-state index contributed by atoms with van der Waals surface area (Å²) in [4.78, 5) is 12.2. The Morgan fingerprint density at radius 2 is 1.64 bits per heavy atom. The zero-order valence-electron chi connectivity index (χ0n) is 14.4. The standard InChI is InChI=1S/C19H24N2O3S/c1-2-25(23,24)21-18-10-8-17(9-11-18)19(22)13-15-20-14-12-16-6-4-3-5-7-16/h3-11,20-21H,2,12-15H2,1H3. The van der Waals surface area contributed by atoms with Crippen LogP contribution in [-0.2, 0) is 16.4 Å². The van der Waals surface area contributed by atoms with Gasteiger partial charge in [-0.15, -0.1) is 0 Å². The van der Waals surface area contributed by atoms with Crippen LogP contribution >= 0.6 is 0 Å². The van der Waals surface area contributed by atoms with E-state index in [1.54, 1.807) is 31.2 Å². The predicted molar refractivity (Wildman–Crippen MR) is 101 cm³/mol. The molecule has 6 heteroatoms. The van der Waals surface area contributed by atoms with Gasteiger partial charge < -0.3 is 5.32 Å². The van der Waals surface area contributed by atoms with Crippen LogP contribution in [0.4, 0.5) is 5.69 Å². The SMILES string of the molecule is CCS(=O)(=O)Nc1ccc(C(=O)CCNCCc2ccccc2)cc1. The lowest BCUT2D eigenvalue weighted by atomic mass is 10.1. The Labute approximate surface area is 149 Å².